The van der Waals surface area contributed by atoms with E-state index in [1.807, 2.05) is 0 Å². The Morgan fingerprint density at radius 3 is 2.26 bits per heavy atom. The van der Waals surface area contributed by atoms with Gasteiger partial charge in [-0.25, -0.2) is 0 Å². The molecule has 1 N–H and O–H groups in total. The average molecular weight is 754 g/mol. The predicted octanol–water partition coefficient (Wildman–Crippen LogP) is 2.73. The Labute approximate surface area is 284 Å². The zero-order valence-corrected chi connectivity index (χ0v) is 32.0. The molecule has 0 atom stereocenters. The van der Waals surface area contributed by atoms with Gasteiger partial charge < -0.3 is 0 Å². The van der Waals surface area contributed by atoms with Crippen LogP contribution in [0.25, 0.3) is 15.9 Å². The van der Waals surface area contributed by atoms with Crippen LogP contribution in [0.2, 0.25) is 0 Å². The molecule has 1 aromatic heterocycles. The van der Waals surface area contributed by atoms with Gasteiger partial charge in [-0.15, -0.1) is 0 Å². The van der Waals surface area contributed by atoms with Crippen LogP contribution in [-0.2, 0) is 26.8 Å². The number of benzene rings is 2. The summed E-state index contributed by atoms with van der Waals surface area (Å²) in [5.41, 5.74) is 8.09. The summed E-state index contributed by atoms with van der Waals surface area (Å²) >= 11 is 0.0568. The molecule has 223 valence electrons. The first-order valence-electron chi connectivity index (χ1n) is 13.5. The van der Waals surface area contributed by atoms with Crippen molar-refractivity contribution in [3.63, 3.8) is 0 Å². The Morgan fingerprint density at radius 2 is 1.62 bits per heavy atom. The minimum Gasteiger partial charge on any atom is 0 e. The summed E-state index contributed by atoms with van der Waals surface area (Å²) < 4.78 is 72.9. The molecule has 0 aliphatic carbocycles. The number of allylic oxidation sites excluding steroid dienone is 2. The summed E-state index contributed by atoms with van der Waals surface area (Å²) in [6, 6.07) is 8.75. The fraction of sp³-hybridized carbons (Fsp3) is 0.414. The zero-order valence-electron chi connectivity index (χ0n) is 24.9. The van der Waals surface area contributed by atoms with Crippen LogP contribution in [0.15, 0.2) is 40.5 Å². The average Bonchev–Trinajstić information content (AvgIpc) is 3.34. The molecule has 13 heteroatoms. The summed E-state index contributed by atoms with van der Waals surface area (Å²) in [4.78, 5) is 2.19. The number of aryl methyl sites for hydroxylation is 5. The number of nitrogens with zero attached hydrogens (tertiary/aromatic N) is 2. The second kappa shape index (κ2) is 14.6. The molecule has 2 heterocycles. The first-order chi connectivity index (χ1) is 19.1. The van der Waals surface area contributed by atoms with Crippen molar-refractivity contribution in [1.82, 2.24) is 0 Å². The van der Waals surface area contributed by atoms with Gasteiger partial charge in [0.25, 0.3) is 0 Å². The molecule has 0 saturated carbocycles. The first-order valence-corrected chi connectivity index (χ1v) is 20.1. The molecular weight excluding hydrogens is 717 g/mol. The molecule has 0 spiro atoms. The van der Waals surface area contributed by atoms with E-state index in [-0.39, 0.29) is 71.2 Å². The smallest absolute Gasteiger partial charge is 0 e. The Bertz CT molecular complexity index is 1770. The van der Waals surface area contributed by atoms with E-state index in [1.165, 1.54) is 31.0 Å². The molecule has 0 unspecified atom stereocenters. The van der Waals surface area contributed by atoms with Gasteiger partial charge in [0.05, 0.1) is 0 Å². The van der Waals surface area contributed by atoms with Crippen molar-refractivity contribution in [1.29, 1.82) is 0 Å². The van der Waals surface area contributed by atoms with Crippen molar-refractivity contribution in [2.75, 3.05) is 23.0 Å². The Balaban J connectivity index is 0.00000484. The van der Waals surface area contributed by atoms with E-state index >= 15 is 0 Å². The van der Waals surface area contributed by atoms with Crippen molar-refractivity contribution in [3.05, 3.63) is 67.3 Å². The Morgan fingerprint density at radius 1 is 0.976 bits per heavy atom. The zero-order chi connectivity index (χ0) is 30.1. The largest absolute Gasteiger partial charge is 0 e. The molecule has 0 saturated heterocycles. The minimum absolute atomic E-state index is 0. The quantitative estimate of drug-likeness (QED) is 0.182. The van der Waals surface area contributed by atoms with Crippen LogP contribution in [0.5, 0.6) is 0 Å². The van der Waals surface area contributed by atoms with Crippen LogP contribution in [0, 0.1) is 27.7 Å². The maximum absolute atomic E-state index is 11.4. The summed E-state index contributed by atoms with van der Waals surface area (Å²) in [6.07, 6.45) is 5.77. The van der Waals surface area contributed by atoms with Crippen molar-refractivity contribution < 1.29 is 30.5 Å². The fourth-order valence-corrected chi connectivity index (χ4v) is 11.0. The number of rotatable bonds is 11. The molecule has 42 heavy (non-hydrogen) atoms. The second-order valence-corrected chi connectivity index (χ2v) is 18.0. The van der Waals surface area contributed by atoms with Crippen molar-refractivity contribution >= 4 is 105 Å². The molecule has 2 aromatic carbocycles. The van der Waals surface area contributed by atoms with Crippen LogP contribution in [-0.4, -0.2) is 103 Å². The third-order valence-electron chi connectivity index (χ3n) is 7.28. The van der Waals surface area contributed by atoms with Crippen molar-refractivity contribution in [2.45, 2.75) is 60.4 Å². The molecule has 0 bridgehead atoms. The van der Waals surface area contributed by atoms with Gasteiger partial charge in [-0.05, 0) is 0 Å². The molecule has 1 aliphatic rings. The molecule has 3 aromatic rings. The van der Waals surface area contributed by atoms with Gasteiger partial charge in [-0.3, -0.25) is 0 Å². The van der Waals surface area contributed by atoms with Gasteiger partial charge in [-0.2, -0.15) is 0 Å². The molecule has 0 fully saturated rings. The molecule has 8 nitrogen and oxygen atoms in total. The molecule has 4 rings (SSSR count). The van der Waals surface area contributed by atoms with Crippen LogP contribution < -0.4 is 13.9 Å². The van der Waals surface area contributed by atoms with Gasteiger partial charge in [0.1, 0.15) is 0 Å². The van der Waals surface area contributed by atoms with Gasteiger partial charge in [0, 0.05) is 29.6 Å². The number of aromatic nitrogens is 1. The summed E-state index contributed by atoms with van der Waals surface area (Å²) in [5, 5.41) is 0. The van der Waals surface area contributed by atoms with Gasteiger partial charge in [-0.1, -0.05) is 0 Å². The normalized spacial score (nSPS) is 15.0. The van der Waals surface area contributed by atoms with E-state index in [4.69, 9.17) is 0 Å². The van der Waals surface area contributed by atoms with Gasteiger partial charge in [0.15, 0.2) is 0 Å². The standard InChI is InChI=1S/C29H36N2O6S2Se2.Na/c1-6-23(17-28-30(9-7-11-38(32,33)34)24-13-19(2)21(4)15-26(24)40-28)18-29-31(10-8-12-39(35,36)37)25-14-20(3)22(5)16-27(25)41-29;/h13-18H,6-12H2,1-5H3,(H-,32,33,34,35,36,37);. The summed E-state index contributed by atoms with van der Waals surface area (Å²) in [6.45, 7) is 11.4. The Kier molecular flexibility index (Phi) is 12.4. The molecule has 1 radical (unpaired) electrons. The van der Waals surface area contributed by atoms with Gasteiger partial charge in [0.2, 0.25) is 0 Å². The van der Waals surface area contributed by atoms with Crippen molar-refractivity contribution in [2.24, 2.45) is 0 Å². The fourth-order valence-electron chi connectivity index (χ4n) is 4.75. The predicted molar refractivity (Wildman–Crippen MR) is 172 cm³/mol. The van der Waals surface area contributed by atoms with E-state index < -0.39 is 26.0 Å². The number of hydrogen-bond donors (Lipinski definition) is 1. The third kappa shape index (κ3) is 9.14. The third-order valence-corrected chi connectivity index (χ3v) is 13.5. The molecule has 0 amide bonds. The SMILES string of the molecule is CCC(=Cc1[se]c2cc(C)c(C)cc2[n+]1CCCS(=O)(=O)[O-])C=C1[Se]c2cc(C)c(C)cc2N1CCCS(=O)(=O)O.[Na]. The topological polar surface area (TPSA) is 119 Å². The first kappa shape index (κ1) is 35.7. The maximum Gasteiger partial charge on any atom is 0 e. The molecular formula is C29H36N2NaO6S2Se2. The number of fused-ring (bicyclic) bond motifs is 2. The van der Waals surface area contributed by atoms with E-state index in [1.54, 1.807) is 0 Å². The minimum atomic E-state index is -4.29. The monoisotopic (exact) mass is 755 g/mol. The van der Waals surface area contributed by atoms with Crippen LogP contribution >= 0.6 is 0 Å². The van der Waals surface area contributed by atoms with E-state index in [0.717, 1.165) is 32.4 Å². The van der Waals surface area contributed by atoms with Gasteiger partial charge >= 0.3 is 257 Å². The summed E-state index contributed by atoms with van der Waals surface area (Å²) in [7, 11) is -8.33. The number of hydrogen-bond acceptors (Lipinski definition) is 6. The van der Waals surface area contributed by atoms with Crippen LogP contribution in [0.1, 0.15) is 53.0 Å². The number of anilines is 1. The maximum atomic E-state index is 11.4. The van der Waals surface area contributed by atoms with E-state index in [2.05, 4.69) is 80.5 Å². The van der Waals surface area contributed by atoms with E-state index in [9.17, 15) is 25.9 Å². The second-order valence-electron chi connectivity index (χ2n) is 10.5. The van der Waals surface area contributed by atoms with Crippen molar-refractivity contribution in [3.8, 4) is 0 Å². The molecule has 1 aliphatic heterocycles. The van der Waals surface area contributed by atoms with E-state index in [0.29, 0.717) is 19.5 Å². The summed E-state index contributed by atoms with van der Waals surface area (Å²) in [5.74, 6) is -0.678. The Hall–Kier alpha value is -0.751. The van der Waals surface area contributed by atoms with Crippen LogP contribution in [0.4, 0.5) is 5.69 Å². The van der Waals surface area contributed by atoms with Crippen LogP contribution in [0.3, 0.4) is 0 Å².